The lowest BCUT2D eigenvalue weighted by Gasteiger charge is -2.07. The predicted molar refractivity (Wildman–Crippen MR) is 142 cm³/mol. The van der Waals surface area contributed by atoms with Gasteiger partial charge in [0.25, 0.3) is 0 Å². The molecule has 2 heterocycles. The molecule has 38 heavy (non-hydrogen) atoms. The molecule has 0 fully saturated rings. The maximum absolute atomic E-state index is 12.1. The van der Waals surface area contributed by atoms with E-state index in [0.717, 1.165) is 11.6 Å². The first-order valence-corrected chi connectivity index (χ1v) is 11.4. The number of phenols is 3. The summed E-state index contributed by atoms with van der Waals surface area (Å²) < 4.78 is 11.2. The van der Waals surface area contributed by atoms with Gasteiger partial charge in [0, 0.05) is 23.3 Å². The molecular weight excluding hydrogens is 488 g/mol. The van der Waals surface area contributed by atoms with Gasteiger partial charge in [-0.2, -0.15) is 0 Å². The van der Waals surface area contributed by atoms with Gasteiger partial charge < -0.3 is 29.3 Å². The Labute approximate surface area is 214 Å². The molecule has 4 N–H and O–H groups in total. The Balaban J connectivity index is 0.000000158. The van der Waals surface area contributed by atoms with Gasteiger partial charge in [-0.05, 0) is 42.5 Å². The van der Waals surface area contributed by atoms with Crippen LogP contribution < -0.4 is 10.9 Å². The van der Waals surface area contributed by atoms with Crippen molar-refractivity contribution in [3.8, 4) is 45.6 Å². The van der Waals surface area contributed by atoms with Gasteiger partial charge in [0.05, 0.1) is 10.8 Å². The molecule has 0 saturated heterocycles. The van der Waals surface area contributed by atoms with Crippen molar-refractivity contribution in [2.45, 2.75) is 0 Å². The average Bonchev–Trinajstić information content (AvgIpc) is 2.93. The standard InChI is InChI=1S/C15H10O6.C15H10O2/c16-8-2-3-9-12(6-8)21-15(14(20)13(9)19)7-1-4-10(17)11(18)5-7;16-13-10-15(11-6-2-1-3-7-11)17-14-9-5-4-8-12(13)14/h1-6,16-18,20H;1-10H. The largest absolute Gasteiger partial charge is 0.508 e. The van der Waals surface area contributed by atoms with Crippen LogP contribution in [0.4, 0.5) is 0 Å². The normalized spacial score (nSPS) is 10.7. The fourth-order valence-electron chi connectivity index (χ4n) is 3.88. The maximum Gasteiger partial charge on any atom is 0.235 e. The predicted octanol–water partition coefficient (Wildman–Crippen LogP) is 5.74. The van der Waals surface area contributed by atoms with Crippen molar-refractivity contribution in [2.24, 2.45) is 0 Å². The van der Waals surface area contributed by atoms with Gasteiger partial charge in [0.2, 0.25) is 11.2 Å². The van der Waals surface area contributed by atoms with Gasteiger partial charge >= 0.3 is 0 Å². The van der Waals surface area contributed by atoms with Crippen LogP contribution in [0.15, 0.2) is 115 Å². The summed E-state index contributed by atoms with van der Waals surface area (Å²) in [5.41, 5.74) is 1.18. The highest BCUT2D eigenvalue weighted by Crippen LogP contribution is 2.35. The summed E-state index contributed by atoms with van der Waals surface area (Å²) in [4.78, 5) is 24.0. The van der Waals surface area contributed by atoms with E-state index in [1.807, 2.05) is 48.5 Å². The van der Waals surface area contributed by atoms with Crippen molar-refractivity contribution >= 4 is 21.9 Å². The minimum absolute atomic E-state index is 0.00861. The Morgan fingerprint density at radius 2 is 1.29 bits per heavy atom. The molecule has 8 heteroatoms. The molecular formula is C30H20O8. The average molecular weight is 508 g/mol. The summed E-state index contributed by atoms with van der Waals surface area (Å²) in [6.07, 6.45) is 0. The van der Waals surface area contributed by atoms with Crippen LogP contribution in [0.3, 0.4) is 0 Å². The third-order valence-electron chi connectivity index (χ3n) is 5.78. The summed E-state index contributed by atoms with van der Waals surface area (Å²) in [6, 6.07) is 26.1. The Hall–Kier alpha value is -5.50. The van der Waals surface area contributed by atoms with Gasteiger partial charge in [-0.3, -0.25) is 9.59 Å². The van der Waals surface area contributed by atoms with Crippen molar-refractivity contribution in [2.75, 3.05) is 0 Å². The summed E-state index contributed by atoms with van der Waals surface area (Å²) in [5.74, 6) is -0.999. The van der Waals surface area contributed by atoms with Crippen LogP contribution in [0.1, 0.15) is 0 Å². The third kappa shape index (κ3) is 4.66. The number of hydrogen-bond donors (Lipinski definition) is 4. The molecule has 0 aliphatic heterocycles. The number of phenolic OH excluding ortho intramolecular Hbond substituents is 3. The quantitative estimate of drug-likeness (QED) is 0.217. The zero-order valence-corrected chi connectivity index (χ0v) is 19.7. The molecule has 0 atom stereocenters. The van der Waals surface area contributed by atoms with E-state index in [-0.39, 0.29) is 39.2 Å². The van der Waals surface area contributed by atoms with E-state index < -0.39 is 16.9 Å². The van der Waals surface area contributed by atoms with Gasteiger partial charge in [-0.1, -0.05) is 42.5 Å². The molecule has 6 aromatic rings. The molecule has 4 aromatic carbocycles. The molecule has 2 aromatic heterocycles. The molecule has 0 radical (unpaired) electrons. The van der Waals surface area contributed by atoms with Crippen molar-refractivity contribution in [3.05, 3.63) is 118 Å². The van der Waals surface area contributed by atoms with Gasteiger partial charge in [-0.15, -0.1) is 0 Å². The minimum atomic E-state index is -0.654. The van der Waals surface area contributed by atoms with E-state index in [4.69, 9.17) is 8.83 Å². The van der Waals surface area contributed by atoms with Crippen molar-refractivity contribution in [1.29, 1.82) is 0 Å². The molecule has 8 nitrogen and oxygen atoms in total. The molecule has 0 unspecified atom stereocenters. The van der Waals surface area contributed by atoms with Crippen molar-refractivity contribution < 1.29 is 29.3 Å². The second-order valence-corrected chi connectivity index (χ2v) is 8.33. The van der Waals surface area contributed by atoms with Crippen LogP contribution in [-0.2, 0) is 0 Å². The summed E-state index contributed by atoms with van der Waals surface area (Å²) >= 11 is 0. The third-order valence-corrected chi connectivity index (χ3v) is 5.78. The van der Waals surface area contributed by atoms with Crippen LogP contribution in [0, 0.1) is 0 Å². The first-order valence-electron chi connectivity index (χ1n) is 11.4. The highest BCUT2D eigenvalue weighted by atomic mass is 16.4. The SMILES string of the molecule is O=c1c(O)c(-c2ccc(O)c(O)c2)oc2cc(O)ccc12.O=c1cc(-c2ccccc2)oc2ccccc12. The van der Waals surface area contributed by atoms with Crippen LogP contribution in [0.5, 0.6) is 23.0 Å². The number of benzene rings is 4. The Morgan fingerprint density at radius 3 is 2.05 bits per heavy atom. The lowest BCUT2D eigenvalue weighted by atomic mass is 10.1. The molecule has 0 saturated carbocycles. The van der Waals surface area contributed by atoms with E-state index >= 15 is 0 Å². The smallest absolute Gasteiger partial charge is 0.235 e. The zero-order chi connectivity index (χ0) is 26.8. The lowest BCUT2D eigenvalue weighted by molar-refractivity contribution is 0.403. The van der Waals surface area contributed by atoms with Crippen molar-refractivity contribution in [3.63, 3.8) is 0 Å². The van der Waals surface area contributed by atoms with E-state index in [0.29, 0.717) is 16.7 Å². The molecule has 0 aliphatic carbocycles. The number of hydrogen-bond acceptors (Lipinski definition) is 8. The Bertz CT molecular complexity index is 1900. The van der Waals surface area contributed by atoms with E-state index in [2.05, 4.69) is 0 Å². The number of fused-ring (bicyclic) bond motifs is 2. The number of aromatic hydroxyl groups is 4. The highest BCUT2D eigenvalue weighted by Gasteiger charge is 2.16. The second kappa shape index (κ2) is 9.87. The van der Waals surface area contributed by atoms with E-state index in [1.165, 1.54) is 36.4 Å². The fourth-order valence-corrected chi connectivity index (χ4v) is 3.88. The summed E-state index contributed by atoms with van der Waals surface area (Å²) in [5, 5.41) is 38.9. The fraction of sp³-hybridized carbons (Fsp3) is 0. The molecule has 188 valence electrons. The molecule has 6 rings (SSSR count). The van der Waals surface area contributed by atoms with Gasteiger partial charge in [0.15, 0.2) is 22.7 Å². The van der Waals surface area contributed by atoms with Crippen LogP contribution in [0.25, 0.3) is 44.6 Å². The molecule has 0 spiro atoms. The maximum atomic E-state index is 12.1. The summed E-state index contributed by atoms with van der Waals surface area (Å²) in [7, 11) is 0. The minimum Gasteiger partial charge on any atom is -0.508 e. The lowest BCUT2D eigenvalue weighted by Crippen LogP contribution is -2.02. The van der Waals surface area contributed by atoms with E-state index in [1.54, 1.807) is 6.07 Å². The molecule has 0 aliphatic rings. The second-order valence-electron chi connectivity index (χ2n) is 8.33. The Morgan fingerprint density at radius 1 is 0.553 bits per heavy atom. The van der Waals surface area contributed by atoms with Crippen LogP contribution in [-0.4, -0.2) is 20.4 Å². The van der Waals surface area contributed by atoms with E-state index in [9.17, 15) is 30.0 Å². The van der Waals surface area contributed by atoms with Gasteiger partial charge in [0.1, 0.15) is 22.7 Å². The molecule has 0 bridgehead atoms. The topological polar surface area (TPSA) is 141 Å². The van der Waals surface area contributed by atoms with Crippen LogP contribution in [0.2, 0.25) is 0 Å². The Kier molecular flexibility index (Phi) is 6.28. The first-order chi connectivity index (χ1) is 18.3. The number of para-hydroxylation sites is 1. The van der Waals surface area contributed by atoms with Gasteiger partial charge in [-0.25, -0.2) is 0 Å². The molecule has 0 amide bonds. The first kappa shape index (κ1) is 24.2. The highest BCUT2D eigenvalue weighted by molar-refractivity contribution is 5.83. The monoisotopic (exact) mass is 508 g/mol. The zero-order valence-electron chi connectivity index (χ0n) is 19.7. The van der Waals surface area contributed by atoms with Crippen LogP contribution >= 0.6 is 0 Å². The number of rotatable bonds is 2. The summed E-state index contributed by atoms with van der Waals surface area (Å²) in [6.45, 7) is 0. The van der Waals surface area contributed by atoms with Crippen molar-refractivity contribution in [1.82, 2.24) is 0 Å².